The molecule has 0 aliphatic rings. The highest BCUT2D eigenvalue weighted by Crippen LogP contribution is 2.22. The van der Waals surface area contributed by atoms with Crippen LogP contribution in [0.25, 0.3) is 0 Å². The summed E-state index contributed by atoms with van der Waals surface area (Å²) in [5, 5.41) is 19.1. The van der Waals surface area contributed by atoms with E-state index in [-0.39, 0.29) is 18.8 Å². The second-order valence-corrected chi connectivity index (χ2v) is 4.55. The van der Waals surface area contributed by atoms with Crippen molar-refractivity contribution in [3.05, 3.63) is 0 Å². The molecule has 0 aliphatic heterocycles. The molecule has 0 heterocycles. The first kappa shape index (κ1) is 13.8. The Hall–Kier alpha value is -0.160. The second kappa shape index (κ2) is 6.35. The Kier molecular flexibility index (Phi) is 6.27. The SMILES string of the molecule is COCOC[C@H](O)C[C@H](O)C(C)(C)C. The third kappa shape index (κ3) is 6.32. The first-order valence-electron chi connectivity index (χ1n) is 4.80. The standard InChI is InChI=1S/C10H22O4/c1-10(2,3)9(12)5-8(11)6-14-7-13-4/h8-9,11-12H,5-7H2,1-4H3/t8-,9+/m1/s1. The zero-order chi connectivity index (χ0) is 11.2. The quantitative estimate of drug-likeness (QED) is 0.497. The molecule has 2 N–H and O–H groups in total. The Morgan fingerprint density at radius 1 is 1.21 bits per heavy atom. The van der Waals surface area contributed by atoms with Gasteiger partial charge in [0, 0.05) is 13.5 Å². The average Bonchev–Trinajstić information content (AvgIpc) is 2.03. The van der Waals surface area contributed by atoms with Crippen LogP contribution in [0.5, 0.6) is 0 Å². The van der Waals surface area contributed by atoms with Crippen molar-refractivity contribution in [2.45, 2.75) is 39.4 Å². The summed E-state index contributed by atoms with van der Waals surface area (Å²) in [4.78, 5) is 0. The minimum Gasteiger partial charge on any atom is -0.392 e. The van der Waals surface area contributed by atoms with E-state index < -0.39 is 12.2 Å². The van der Waals surface area contributed by atoms with Gasteiger partial charge in [0.15, 0.2) is 0 Å². The van der Waals surface area contributed by atoms with E-state index in [0.29, 0.717) is 6.42 Å². The second-order valence-electron chi connectivity index (χ2n) is 4.55. The van der Waals surface area contributed by atoms with E-state index in [1.807, 2.05) is 20.8 Å². The van der Waals surface area contributed by atoms with Gasteiger partial charge in [-0.05, 0) is 5.41 Å². The van der Waals surface area contributed by atoms with Crippen LogP contribution in [0.1, 0.15) is 27.2 Å². The summed E-state index contributed by atoms with van der Waals surface area (Å²) in [5.74, 6) is 0. The lowest BCUT2D eigenvalue weighted by Gasteiger charge is -2.27. The van der Waals surface area contributed by atoms with E-state index in [1.54, 1.807) is 0 Å². The van der Waals surface area contributed by atoms with Crippen molar-refractivity contribution in [1.29, 1.82) is 0 Å². The van der Waals surface area contributed by atoms with Crippen molar-refractivity contribution in [2.75, 3.05) is 20.5 Å². The molecule has 0 saturated carbocycles. The first-order chi connectivity index (χ1) is 6.38. The number of ether oxygens (including phenoxy) is 2. The maximum Gasteiger partial charge on any atom is 0.146 e. The number of rotatable bonds is 6. The van der Waals surface area contributed by atoms with Crippen LogP contribution in [-0.2, 0) is 9.47 Å². The smallest absolute Gasteiger partial charge is 0.146 e. The van der Waals surface area contributed by atoms with Crippen molar-refractivity contribution in [3.8, 4) is 0 Å². The molecule has 0 saturated heterocycles. The third-order valence-electron chi connectivity index (χ3n) is 2.01. The van der Waals surface area contributed by atoms with Gasteiger partial charge in [-0.15, -0.1) is 0 Å². The predicted molar refractivity (Wildman–Crippen MR) is 53.9 cm³/mol. The Bertz CT molecular complexity index is 142. The lowest BCUT2D eigenvalue weighted by Crippen LogP contribution is -2.32. The van der Waals surface area contributed by atoms with Gasteiger partial charge in [0.2, 0.25) is 0 Å². The molecule has 2 atom stereocenters. The Morgan fingerprint density at radius 2 is 1.79 bits per heavy atom. The van der Waals surface area contributed by atoms with Crippen LogP contribution in [-0.4, -0.2) is 42.9 Å². The molecule has 0 aromatic rings. The first-order valence-corrected chi connectivity index (χ1v) is 4.80. The van der Waals surface area contributed by atoms with Crippen LogP contribution in [0.2, 0.25) is 0 Å². The largest absolute Gasteiger partial charge is 0.392 e. The summed E-state index contributed by atoms with van der Waals surface area (Å²) in [5.41, 5.74) is -0.206. The van der Waals surface area contributed by atoms with Gasteiger partial charge in [0.25, 0.3) is 0 Å². The Labute approximate surface area is 85.8 Å². The average molecular weight is 206 g/mol. The molecule has 0 radical (unpaired) electrons. The highest BCUT2D eigenvalue weighted by Gasteiger charge is 2.24. The van der Waals surface area contributed by atoms with Crippen molar-refractivity contribution >= 4 is 0 Å². The van der Waals surface area contributed by atoms with Gasteiger partial charge in [0.05, 0.1) is 18.8 Å². The van der Waals surface area contributed by atoms with Gasteiger partial charge < -0.3 is 19.7 Å². The van der Waals surface area contributed by atoms with E-state index in [9.17, 15) is 10.2 Å². The molecule has 0 spiro atoms. The van der Waals surface area contributed by atoms with Crippen molar-refractivity contribution in [1.82, 2.24) is 0 Å². The summed E-state index contributed by atoms with van der Waals surface area (Å²) in [7, 11) is 1.52. The highest BCUT2D eigenvalue weighted by atomic mass is 16.7. The maximum absolute atomic E-state index is 9.67. The van der Waals surface area contributed by atoms with Gasteiger partial charge in [-0.3, -0.25) is 0 Å². The molecule has 0 aliphatic carbocycles. The van der Waals surface area contributed by atoms with Gasteiger partial charge in [-0.1, -0.05) is 20.8 Å². The normalized spacial score (nSPS) is 16.7. The molecule has 14 heavy (non-hydrogen) atoms. The van der Waals surface area contributed by atoms with Gasteiger partial charge in [-0.25, -0.2) is 0 Å². The summed E-state index contributed by atoms with van der Waals surface area (Å²) < 4.78 is 9.64. The van der Waals surface area contributed by atoms with Crippen LogP contribution < -0.4 is 0 Å². The highest BCUT2D eigenvalue weighted by molar-refractivity contribution is 4.75. The number of aliphatic hydroxyl groups excluding tert-OH is 2. The monoisotopic (exact) mass is 206 g/mol. The van der Waals surface area contributed by atoms with Crippen LogP contribution in [0.4, 0.5) is 0 Å². The van der Waals surface area contributed by atoms with E-state index >= 15 is 0 Å². The van der Waals surface area contributed by atoms with Crippen LogP contribution in [0.15, 0.2) is 0 Å². The van der Waals surface area contributed by atoms with Crippen LogP contribution in [0.3, 0.4) is 0 Å². The minimum atomic E-state index is -0.639. The third-order valence-corrected chi connectivity index (χ3v) is 2.01. The molecule has 0 amide bonds. The molecule has 4 nitrogen and oxygen atoms in total. The topological polar surface area (TPSA) is 58.9 Å². The Balaban J connectivity index is 3.66. The number of hydrogen-bond donors (Lipinski definition) is 2. The lowest BCUT2D eigenvalue weighted by molar-refractivity contribution is -0.0760. The molecule has 0 aromatic carbocycles. The van der Waals surface area contributed by atoms with E-state index in [4.69, 9.17) is 4.74 Å². The molecule has 0 unspecified atom stereocenters. The minimum absolute atomic E-state index is 0.169. The van der Waals surface area contributed by atoms with Gasteiger partial charge in [-0.2, -0.15) is 0 Å². The van der Waals surface area contributed by atoms with Crippen LogP contribution >= 0.6 is 0 Å². The predicted octanol–water partition coefficient (Wildman–Crippen LogP) is 0.765. The fraction of sp³-hybridized carbons (Fsp3) is 1.00. The van der Waals surface area contributed by atoms with Gasteiger partial charge in [0.1, 0.15) is 6.79 Å². The molecular weight excluding hydrogens is 184 g/mol. The maximum atomic E-state index is 9.67. The van der Waals surface area contributed by atoms with E-state index in [1.165, 1.54) is 7.11 Å². The molecular formula is C10H22O4. The zero-order valence-electron chi connectivity index (χ0n) is 9.49. The molecule has 0 aromatic heterocycles. The molecule has 86 valence electrons. The molecule has 0 bridgehead atoms. The van der Waals surface area contributed by atoms with E-state index in [2.05, 4.69) is 4.74 Å². The Morgan fingerprint density at radius 3 is 2.21 bits per heavy atom. The van der Waals surface area contributed by atoms with Crippen molar-refractivity contribution in [3.63, 3.8) is 0 Å². The number of hydrogen-bond acceptors (Lipinski definition) is 4. The summed E-state index contributed by atoms with van der Waals surface area (Å²) in [6.45, 7) is 6.16. The summed E-state index contributed by atoms with van der Waals surface area (Å²) in [6.07, 6.45) is -0.837. The molecule has 0 rings (SSSR count). The van der Waals surface area contributed by atoms with Crippen molar-refractivity contribution < 1.29 is 19.7 Å². The fourth-order valence-corrected chi connectivity index (χ4v) is 0.947. The molecule has 0 fully saturated rings. The molecule has 4 heteroatoms. The van der Waals surface area contributed by atoms with E-state index in [0.717, 1.165) is 0 Å². The zero-order valence-corrected chi connectivity index (χ0v) is 9.49. The fourth-order valence-electron chi connectivity index (χ4n) is 0.947. The van der Waals surface area contributed by atoms with Gasteiger partial charge >= 0.3 is 0 Å². The summed E-state index contributed by atoms with van der Waals surface area (Å²) >= 11 is 0. The lowest BCUT2D eigenvalue weighted by atomic mass is 9.86. The van der Waals surface area contributed by atoms with Crippen LogP contribution in [0, 0.1) is 5.41 Å². The number of aliphatic hydroxyl groups is 2. The van der Waals surface area contributed by atoms with Crippen molar-refractivity contribution in [2.24, 2.45) is 5.41 Å². The summed E-state index contributed by atoms with van der Waals surface area (Å²) in [6, 6.07) is 0. The number of methoxy groups -OCH3 is 1.